The van der Waals surface area contributed by atoms with Gasteiger partial charge < -0.3 is 13.9 Å². The van der Waals surface area contributed by atoms with Crippen LogP contribution in [-0.4, -0.2) is 25.7 Å². The molecule has 0 saturated carbocycles. The number of carbonyl (C=O) groups is 1. The summed E-state index contributed by atoms with van der Waals surface area (Å²) < 4.78 is 15.9. The first kappa shape index (κ1) is 12.1. The van der Waals surface area contributed by atoms with Crippen molar-refractivity contribution in [3.8, 4) is 0 Å². The fraction of sp³-hybridized carbons (Fsp3) is 0.545. The van der Waals surface area contributed by atoms with Crippen LogP contribution in [0.3, 0.4) is 0 Å². The minimum atomic E-state index is -0.371. The highest BCUT2D eigenvalue weighted by Crippen LogP contribution is 2.14. The summed E-state index contributed by atoms with van der Waals surface area (Å²) in [6.07, 6.45) is 2.40. The lowest BCUT2D eigenvalue weighted by molar-refractivity contribution is 0.0691. The largest absolute Gasteiger partial charge is 0.466 e. The monoisotopic (exact) mass is 240 g/mol. The van der Waals surface area contributed by atoms with E-state index in [-0.39, 0.29) is 5.91 Å². The molecule has 2 rings (SSSR count). The van der Waals surface area contributed by atoms with Crippen molar-refractivity contribution in [1.82, 2.24) is 5.43 Å². The van der Waals surface area contributed by atoms with Gasteiger partial charge >= 0.3 is 0 Å². The van der Waals surface area contributed by atoms with Gasteiger partial charge in [-0.15, -0.1) is 0 Å². The van der Waals surface area contributed by atoms with E-state index in [1.165, 1.54) is 6.26 Å². The molecule has 6 nitrogen and oxygen atoms in total. The summed E-state index contributed by atoms with van der Waals surface area (Å²) in [5.41, 5.74) is 2.44. The standard InChI is InChI=1S/C11H16N2O4/c12-13-11(14)9-3-10(17-6-9)7-16-5-8-1-2-15-4-8/h3,6,8H,1-2,4-5,7,12H2,(H,13,14). The lowest BCUT2D eigenvalue weighted by atomic mass is 10.1. The summed E-state index contributed by atoms with van der Waals surface area (Å²) in [5, 5.41) is 0. The predicted octanol–water partition coefficient (Wildman–Crippen LogP) is 0.436. The number of amides is 1. The van der Waals surface area contributed by atoms with E-state index in [9.17, 15) is 4.79 Å². The molecule has 0 aliphatic carbocycles. The Balaban J connectivity index is 1.74. The maximum absolute atomic E-state index is 11.2. The first-order chi connectivity index (χ1) is 8.29. The highest BCUT2D eigenvalue weighted by Gasteiger charge is 2.16. The highest BCUT2D eigenvalue weighted by atomic mass is 16.5. The average molecular weight is 240 g/mol. The SMILES string of the molecule is NNC(=O)c1coc(COCC2CCOC2)c1. The van der Waals surface area contributed by atoms with Gasteiger partial charge in [0.15, 0.2) is 0 Å². The van der Waals surface area contributed by atoms with Crippen LogP contribution in [0.4, 0.5) is 0 Å². The van der Waals surface area contributed by atoms with Gasteiger partial charge in [-0.2, -0.15) is 0 Å². The van der Waals surface area contributed by atoms with Crippen LogP contribution in [0.2, 0.25) is 0 Å². The Kier molecular flexibility index (Phi) is 4.13. The van der Waals surface area contributed by atoms with Crippen LogP contribution in [0, 0.1) is 5.92 Å². The number of furan rings is 1. The first-order valence-electron chi connectivity index (χ1n) is 5.53. The van der Waals surface area contributed by atoms with Gasteiger partial charge in [0, 0.05) is 12.5 Å². The molecule has 1 atom stereocenters. The van der Waals surface area contributed by atoms with Crippen molar-refractivity contribution < 1.29 is 18.7 Å². The summed E-state index contributed by atoms with van der Waals surface area (Å²) in [4.78, 5) is 11.2. The maximum atomic E-state index is 11.2. The van der Waals surface area contributed by atoms with E-state index < -0.39 is 0 Å². The van der Waals surface area contributed by atoms with E-state index in [0.29, 0.717) is 30.5 Å². The lowest BCUT2D eigenvalue weighted by Gasteiger charge is -2.06. The zero-order chi connectivity index (χ0) is 12.1. The molecule has 17 heavy (non-hydrogen) atoms. The molecule has 2 heterocycles. The van der Waals surface area contributed by atoms with Crippen molar-refractivity contribution >= 4 is 5.91 Å². The van der Waals surface area contributed by atoms with Gasteiger partial charge in [0.25, 0.3) is 5.91 Å². The molecule has 1 fully saturated rings. The number of hydrogen-bond acceptors (Lipinski definition) is 5. The first-order valence-corrected chi connectivity index (χ1v) is 5.53. The summed E-state index contributed by atoms with van der Waals surface area (Å²) in [6.45, 7) is 2.59. The van der Waals surface area contributed by atoms with E-state index in [4.69, 9.17) is 19.7 Å². The molecular formula is C11H16N2O4. The number of nitrogen functional groups attached to an aromatic ring is 1. The second-order valence-corrected chi connectivity index (χ2v) is 4.02. The second-order valence-electron chi connectivity index (χ2n) is 4.02. The van der Waals surface area contributed by atoms with Crippen molar-refractivity contribution in [3.63, 3.8) is 0 Å². The molecule has 1 unspecified atom stereocenters. The van der Waals surface area contributed by atoms with Crippen LogP contribution in [0.15, 0.2) is 16.7 Å². The van der Waals surface area contributed by atoms with Crippen molar-refractivity contribution in [1.29, 1.82) is 0 Å². The normalized spacial score (nSPS) is 19.5. The Hall–Kier alpha value is -1.37. The number of hydrogen-bond donors (Lipinski definition) is 2. The van der Waals surface area contributed by atoms with Crippen LogP contribution in [0.25, 0.3) is 0 Å². The van der Waals surface area contributed by atoms with Crippen molar-refractivity contribution in [2.45, 2.75) is 13.0 Å². The molecule has 1 aromatic heterocycles. The molecule has 0 bridgehead atoms. The Morgan fingerprint density at radius 3 is 3.24 bits per heavy atom. The van der Waals surface area contributed by atoms with Crippen LogP contribution >= 0.6 is 0 Å². The number of rotatable bonds is 5. The third-order valence-electron chi connectivity index (χ3n) is 2.67. The number of hydrazine groups is 1. The number of nitrogens with one attached hydrogen (secondary N) is 1. The van der Waals surface area contributed by atoms with Crippen molar-refractivity contribution in [2.24, 2.45) is 11.8 Å². The molecule has 94 valence electrons. The molecule has 6 heteroatoms. The van der Waals surface area contributed by atoms with E-state index in [1.807, 2.05) is 5.43 Å². The third kappa shape index (κ3) is 3.29. The summed E-state index contributed by atoms with van der Waals surface area (Å²) in [5.74, 6) is 5.72. The smallest absolute Gasteiger partial charge is 0.268 e. The van der Waals surface area contributed by atoms with Crippen molar-refractivity contribution in [2.75, 3.05) is 19.8 Å². The fourth-order valence-electron chi connectivity index (χ4n) is 1.70. The molecule has 1 saturated heterocycles. The molecule has 1 aliphatic rings. The maximum Gasteiger partial charge on any atom is 0.268 e. The molecule has 0 aromatic carbocycles. The fourth-order valence-corrected chi connectivity index (χ4v) is 1.70. The summed E-state index contributed by atoms with van der Waals surface area (Å²) >= 11 is 0. The van der Waals surface area contributed by atoms with E-state index in [0.717, 1.165) is 19.6 Å². The third-order valence-corrected chi connectivity index (χ3v) is 2.67. The Morgan fingerprint density at radius 1 is 1.65 bits per heavy atom. The number of carbonyl (C=O) groups excluding carboxylic acids is 1. The zero-order valence-corrected chi connectivity index (χ0v) is 9.48. The predicted molar refractivity (Wildman–Crippen MR) is 58.9 cm³/mol. The van der Waals surface area contributed by atoms with E-state index in [2.05, 4.69) is 0 Å². The quantitative estimate of drug-likeness (QED) is 0.443. The van der Waals surface area contributed by atoms with Gasteiger partial charge in [0.05, 0.1) is 18.8 Å². The van der Waals surface area contributed by atoms with E-state index >= 15 is 0 Å². The molecule has 0 spiro atoms. The van der Waals surface area contributed by atoms with Crippen LogP contribution in [0.1, 0.15) is 22.5 Å². The number of ether oxygens (including phenoxy) is 2. The number of nitrogens with two attached hydrogens (primary N) is 1. The lowest BCUT2D eigenvalue weighted by Crippen LogP contribution is -2.29. The molecule has 3 N–H and O–H groups in total. The van der Waals surface area contributed by atoms with Gasteiger partial charge in [0.2, 0.25) is 0 Å². The van der Waals surface area contributed by atoms with Gasteiger partial charge in [0.1, 0.15) is 18.6 Å². The zero-order valence-electron chi connectivity index (χ0n) is 9.48. The van der Waals surface area contributed by atoms with Crippen LogP contribution < -0.4 is 11.3 Å². The molecule has 0 radical (unpaired) electrons. The van der Waals surface area contributed by atoms with Crippen LogP contribution in [0.5, 0.6) is 0 Å². The van der Waals surface area contributed by atoms with Gasteiger partial charge in [-0.1, -0.05) is 0 Å². The Morgan fingerprint density at radius 2 is 2.53 bits per heavy atom. The molecule has 1 aliphatic heterocycles. The minimum absolute atomic E-state index is 0.356. The Labute approximate surface area is 99.0 Å². The molecule has 1 aromatic rings. The minimum Gasteiger partial charge on any atom is -0.466 e. The average Bonchev–Trinajstić information content (AvgIpc) is 2.99. The highest BCUT2D eigenvalue weighted by molar-refractivity contribution is 5.93. The van der Waals surface area contributed by atoms with Gasteiger partial charge in [-0.25, -0.2) is 5.84 Å². The summed E-state index contributed by atoms with van der Waals surface area (Å²) in [7, 11) is 0. The Bertz CT molecular complexity index is 371. The topological polar surface area (TPSA) is 86.7 Å². The van der Waals surface area contributed by atoms with Crippen molar-refractivity contribution in [3.05, 3.63) is 23.7 Å². The summed E-state index contributed by atoms with van der Waals surface area (Å²) in [6, 6.07) is 1.62. The molecular weight excluding hydrogens is 224 g/mol. The van der Waals surface area contributed by atoms with Gasteiger partial charge in [-0.3, -0.25) is 10.2 Å². The molecule has 1 amide bonds. The van der Waals surface area contributed by atoms with Crippen LogP contribution in [-0.2, 0) is 16.1 Å². The van der Waals surface area contributed by atoms with Gasteiger partial charge in [-0.05, 0) is 12.5 Å². The second kappa shape index (κ2) is 5.81. The van der Waals surface area contributed by atoms with E-state index in [1.54, 1.807) is 6.07 Å².